The quantitative estimate of drug-likeness (QED) is 0.192. The van der Waals surface area contributed by atoms with E-state index in [0.717, 1.165) is 61.1 Å². The van der Waals surface area contributed by atoms with Gasteiger partial charge in [0.1, 0.15) is 10.7 Å². The maximum Gasteiger partial charge on any atom is 0.573 e. The van der Waals surface area contributed by atoms with Gasteiger partial charge < -0.3 is 15.4 Å². The molecule has 3 aromatic rings. The first-order valence-electron chi connectivity index (χ1n) is 14.9. The minimum Gasteiger partial charge on any atom is -0.404 e. The van der Waals surface area contributed by atoms with Gasteiger partial charge in [0.2, 0.25) is 16.0 Å². The predicted octanol–water partition coefficient (Wildman–Crippen LogP) is 7.48. The monoisotopic (exact) mass is 683 g/mol. The molecule has 43 heavy (non-hydrogen) atoms. The summed E-state index contributed by atoms with van der Waals surface area (Å²) in [5, 5.41) is 8.01. The van der Waals surface area contributed by atoms with Crippen molar-refractivity contribution < 1.29 is 26.3 Å². The van der Waals surface area contributed by atoms with Gasteiger partial charge in [-0.25, -0.2) is 18.1 Å². The third-order valence-electron chi connectivity index (χ3n) is 8.38. The van der Waals surface area contributed by atoms with Gasteiger partial charge >= 0.3 is 6.36 Å². The number of nitrogens with zero attached hydrogens (tertiary/aromatic N) is 2. The number of alkyl halides is 3. The summed E-state index contributed by atoms with van der Waals surface area (Å²) >= 11 is 3.06. The van der Waals surface area contributed by atoms with E-state index >= 15 is 0 Å². The number of anilines is 2. The molecule has 2 aliphatic carbocycles. The fourth-order valence-electron chi connectivity index (χ4n) is 6.01. The van der Waals surface area contributed by atoms with Crippen LogP contribution in [0.4, 0.5) is 24.9 Å². The van der Waals surface area contributed by atoms with Crippen LogP contribution in [-0.4, -0.2) is 44.4 Å². The standard InChI is InChI=1S/C30H37BrF3N5O3S/c31-23-14-15-27(26(16-23)42-30(32,33)34)43(40,41)37-19-22-12-10-21(11-13-22)18-36-29-38-25-9-5-4-8-24(25)28(39-29)35-17-20-6-2-1-3-7-20/h4-5,8-9,14-16,20-22,37H,1-3,6-7,10-13,17-19H2,(H2,35,36,38,39)/t21-,22-. The highest BCUT2D eigenvalue weighted by Crippen LogP contribution is 2.34. The molecule has 2 aliphatic rings. The summed E-state index contributed by atoms with van der Waals surface area (Å²) in [5.41, 5.74) is 0.886. The second-order valence-corrected chi connectivity index (χ2v) is 14.2. The van der Waals surface area contributed by atoms with E-state index in [1.54, 1.807) is 0 Å². The highest BCUT2D eigenvalue weighted by atomic mass is 79.9. The zero-order valence-electron chi connectivity index (χ0n) is 23.8. The van der Waals surface area contributed by atoms with Crippen LogP contribution < -0.4 is 20.1 Å². The van der Waals surface area contributed by atoms with Crippen molar-refractivity contribution in [3.63, 3.8) is 0 Å². The molecule has 3 N–H and O–H groups in total. The molecule has 8 nitrogen and oxygen atoms in total. The molecular formula is C30H37BrF3N5O3S. The van der Waals surface area contributed by atoms with Gasteiger partial charge in [-0.2, -0.15) is 4.98 Å². The van der Waals surface area contributed by atoms with Crippen LogP contribution in [0.1, 0.15) is 57.8 Å². The third-order valence-corrected chi connectivity index (χ3v) is 10.3. The van der Waals surface area contributed by atoms with E-state index in [1.807, 2.05) is 24.3 Å². The van der Waals surface area contributed by atoms with E-state index in [2.05, 4.69) is 36.0 Å². The first kappa shape index (κ1) is 31.8. The van der Waals surface area contributed by atoms with Gasteiger partial charge in [0, 0.05) is 29.5 Å². The van der Waals surface area contributed by atoms with E-state index in [-0.39, 0.29) is 16.9 Å². The van der Waals surface area contributed by atoms with Crippen LogP contribution in [0.15, 0.2) is 51.8 Å². The molecule has 0 unspecified atom stereocenters. The summed E-state index contributed by atoms with van der Waals surface area (Å²) in [5.74, 6) is 1.80. The molecule has 2 fully saturated rings. The molecule has 2 saturated carbocycles. The van der Waals surface area contributed by atoms with Gasteiger partial charge in [-0.1, -0.05) is 47.3 Å². The number of fused-ring (bicyclic) bond motifs is 1. The van der Waals surface area contributed by atoms with Crippen molar-refractivity contribution in [1.29, 1.82) is 0 Å². The largest absolute Gasteiger partial charge is 0.573 e. The van der Waals surface area contributed by atoms with Crippen LogP contribution in [0, 0.1) is 17.8 Å². The number of benzene rings is 2. The molecule has 1 aromatic heterocycles. The zero-order valence-corrected chi connectivity index (χ0v) is 26.2. The number of hydrogen-bond donors (Lipinski definition) is 3. The minimum atomic E-state index is -5.01. The highest BCUT2D eigenvalue weighted by Gasteiger charge is 2.34. The van der Waals surface area contributed by atoms with Gasteiger partial charge in [-0.3, -0.25) is 0 Å². The van der Waals surface area contributed by atoms with Crippen molar-refractivity contribution >= 4 is 48.6 Å². The lowest BCUT2D eigenvalue weighted by Crippen LogP contribution is -2.33. The van der Waals surface area contributed by atoms with E-state index in [0.29, 0.717) is 24.3 Å². The van der Waals surface area contributed by atoms with Crippen LogP contribution in [-0.2, 0) is 10.0 Å². The van der Waals surface area contributed by atoms with Crippen LogP contribution in [0.3, 0.4) is 0 Å². The Labute approximate surface area is 258 Å². The lowest BCUT2D eigenvalue weighted by atomic mass is 9.82. The summed E-state index contributed by atoms with van der Waals surface area (Å²) in [7, 11) is -4.20. The Morgan fingerprint density at radius 2 is 1.49 bits per heavy atom. The molecule has 13 heteroatoms. The summed E-state index contributed by atoms with van der Waals surface area (Å²) in [6.45, 7) is 1.76. The molecule has 0 amide bonds. The second-order valence-electron chi connectivity index (χ2n) is 11.6. The molecule has 1 heterocycles. The minimum absolute atomic E-state index is 0.0842. The van der Waals surface area contributed by atoms with Crippen molar-refractivity contribution in [2.75, 3.05) is 30.3 Å². The first-order valence-corrected chi connectivity index (χ1v) is 17.1. The Bertz CT molecular complexity index is 1490. The molecular weight excluding hydrogens is 647 g/mol. The highest BCUT2D eigenvalue weighted by molar-refractivity contribution is 9.10. The number of aromatic nitrogens is 2. The fraction of sp³-hybridized carbons (Fsp3) is 0.533. The topological polar surface area (TPSA) is 105 Å². The van der Waals surface area contributed by atoms with Crippen LogP contribution in [0.25, 0.3) is 10.9 Å². The smallest absolute Gasteiger partial charge is 0.404 e. The predicted molar refractivity (Wildman–Crippen MR) is 165 cm³/mol. The molecule has 0 aliphatic heterocycles. The molecule has 0 spiro atoms. The zero-order chi connectivity index (χ0) is 30.5. The van der Waals surface area contributed by atoms with Crippen molar-refractivity contribution in [2.45, 2.75) is 69.0 Å². The summed E-state index contributed by atoms with van der Waals surface area (Å²) in [6.07, 6.45) is 4.78. The average Bonchev–Trinajstić information content (AvgIpc) is 2.98. The Kier molecular flexibility index (Phi) is 10.3. The third kappa shape index (κ3) is 8.95. The van der Waals surface area contributed by atoms with Crippen molar-refractivity contribution in [1.82, 2.24) is 14.7 Å². The van der Waals surface area contributed by atoms with Gasteiger partial charge in [0.05, 0.1) is 5.52 Å². The normalized spacial score (nSPS) is 20.2. The Morgan fingerprint density at radius 3 is 2.21 bits per heavy atom. The van der Waals surface area contributed by atoms with Crippen molar-refractivity contribution in [3.8, 4) is 5.75 Å². The Balaban J connectivity index is 1.13. The van der Waals surface area contributed by atoms with Crippen molar-refractivity contribution in [2.24, 2.45) is 17.8 Å². The molecule has 234 valence electrons. The van der Waals surface area contributed by atoms with E-state index in [1.165, 1.54) is 38.2 Å². The molecule has 0 saturated heterocycles. The number of halogens is 4. The molecule has 0 atom stereocenters. The molecule has 2 aromatic carbocycles. The Hall–Kier alpha value is -2.64. The van der Waals surface area contributed by atoms with Gasteiger partial charge in [-0.15, -0.1) is 13.2 Å². The number of sulfonamides is 1. The maximum absolute atomic E-state index is 12.9. The number of para-hydroxylation sites is 1. The lowest BCUT2D eigenvalue weighted by Gasteiger charge is -2.29. The summed E-state index contributed by atoms with van der Waals surface area (Å²) in [6, 6.07) is 11.5. The average molecular weight is 685 g/mol. The first-order chi connectivity index (χ1) is 20.6. The number of nitrogens with one attached hydrogen (secondary N) is 3. The van der Waals surface area contributed by atoms with Gasteiger partial charge in [-0.05, 0) is 86.6 Å². The SMILES string of the molecule is O=S(=O)(NC[C@H]1CC[C@H](CNc2nc(NCC3CCCCC3)c3ccccc3n2)CC1)c1ccc(Br)cc1OC(F)(F)F. The van der Waals surface area contributed by atoms with Crippen LogP contribution in [0.5, 0.6) is 5.75 Å². The molecule has 0 bridgehead atoms. The fourth-order valence-corrected chi connectivity index (χ4v) is 7.58. The van der Waals surface area contributed by atoms with Crippen molar-refractivity contribution in [3.05, 3.63) is 46.9 Å². The maximum atomic E-state index is 12.9. The second kappa shape index (κ2) is 14.0. The van der Waals surface area contributed by atoms with E-state index in [4.69, 9.17) is 9.97 Å². The number of rotatable bonds is 11. The van der Waals surface area contributed by atoms with E-state index in [9.17, 15) is 21.6 Å². The summed E-state index contributed by atoms with van der Waals surface area (Å²) in [4.78, 5) is 8.99. The molecule has 5 rings (SSSR count). The number of ether oxygens (including phenoxy) is 1. The van der Waals surface area contributed by atoms with Crippen LogP contribution >= 0.6 is 15.9 Å². The molecule has 0 radical (unpaired) electrons. The Morgan fingerprint density at radius 1 is 0.837 bits per heavy atom. The van der Waals surface area contributed by atoms with E-state index < -0.39 is 27.0 Å². The summed E-state index contributed by atoms with van der Waals surface area (Å²) < 4.78 is 71.0. The number of hydrogen-bond acceptors (Lipinski definition) is 7. The van der Waals surface area contributed by atoms with Gasteiger partial charge in [0.15, 0.2) is 5.75 Å². The van der Waals surface area contributed by atoms with Gasteiger partial charge in [0.25, 0.3) is 0 Å². The lowest BCUT2D eigenvalue weighted by molar-refractivity contribution is -0.275. The van der Waals surface area contributed by atoms with Crippen LogP contribution in [0.2, 0.25) is 0 Å².